The number of primary sulfonamides is 1. The Morgan fingerprint density at radius 1 is 1.07 bits per heavy atom. The van der Waals surface area contributed by atoms with Crippen molar-refractivity contribution in [2.24, 2.45) is 5.14 Å². The number of rotatable bonds is 6. The van der Waals surface area contributed by atoms with Gasteiger partial charge in [0.05, 0.1) is 10.6 Å². The molecule has 0 unspecified atom stereocenters. The highest BCUT2D eigenvalue weighted by Crippen LogP contribution is 2.17. The number of amides is 1. The van der Waals surface area contributed by atoms with Gasteiger partial charge in [0, 0.05) is 11.3 Å². The smallest absolute Gasteiger partial charge is 0.356 e. The average Bonchev–Trinajstić information content (AvgIpc) is 3.17. The van der Waals surface area contributed by atoms with Crippen LogP contribution >= 0.6 is 0 Å². The van der Waals surface area contributed by atoms with Gasteiger partial charge in [-0.05, 0) is 30.3 Å². The van der Waals surface area contributed by atoms with E-state index < -0.39 is 28.5 Å². The normalized spacial score (nSPS) is 11.0. The third-order valence-electron chi connectivity index (χ3n) is 3.67. The molecule has 4 N–H and O–H groups in total. The minimum absolute atomic E-state index is 0.0783. The molecular weight excluding hydrogens is 384 g/mol. The Morgan fingerprint density at radius 3 is 2.39 bits per heavy atom. The lowest BCUT2D eigenvalue weighted by Gasteiger charge is -2.06. The molecule has 1 aromatic heterocycles. The molecule has 0 atom stereocenters. The third-order valence-corrected chi connectivity index (χ3v) is 4.60. The number of aromatic nitrogens is 2. The average molecular weight is 400 g/mol. The standard InChI is InChI=1S/C18H16N4O5S/c19-28(25,26)14-8-6-13(7-9-14)20-17(23)11-27-18(24)16-10-15(21-22-16)12-4-2-1-3-5-12/h1-10H,11H2,(H,20,23)(H,21,22)(H2,19,25,26). The van der Waals surface area contributed by atoms with E-state index in [2.05, 4.69) is 15.5 Å². The molecular formula is C18H16N4O5S. The van der Waals surface area contributed by atoms with Gasteiger partial charge in [-0.3, -0.25) is 9.89 Å². The Morgan fingerprint density at radius 2 is 1.75 bits per heavy atom. The van der Waals surface area contributed by atoms with Gasteiger partial charge in [-0.25, -0.2) is 18.4 Å². The Balaban J connectivity index is 1.54. The van der Waals surface area contributed by atoms with E-state index in [9.17, 15) is 18.0 Å². The highest BCUT2D eigenvalue weighted by atomic mass is 32.2. The minimum atomic E-state index is -3.81. The van der Waals surface area contributed by atoms with Gasteiger partial charge in [-0.1, -0.05) is 30.3 Å². The lowest BCUT2D eigenvalue weighted by Crippen LogP contribution is -2.21. The predicted octanol–water partition coefficient (Wildman–Crippen LogP) is 1.52. The van der Waals surface area contributed by atoms with Gasteiger partial charge in [-0.2, -0.15) is 5.10 Å². The second kappa shape index (κ2) is 8.03. The van der Waals surface area contributed by atoms with Crippen molar-refractivity contribution in [1.29, 1.82) is 0 Å². The summed E-state index contributed by atoms with van der Waals surface area (Å²) >= 11 is 0. The molecule has 0 saturated carbocycles. The van der Waals surface area contributed by atoms with Crippen LogP contribution in [-0.4, -0.2) is 37.1 Å². The van der Waals surface area contributed by atoms with E-state index in [1.165, 1.54) is 30.3 Å². The van der Waals surface area contributed by atoms with Crippen molar-refractivity contribution < 1.29 is 22.7 Å². The third kappa shape index (κ3) is 4.81. The Labute approximate surface area is 160 Å². The Bertz CT molecular complexity index is 1090. The summed E-state index contributed by atoms with van der Waals surface area (Å²) in [5.41, 5.74) is 1.86. The fraction of sp³-hybridized carbons (Fsp3) is 0.0556. The number of nitrogens with zero attached hydrogens (tertiary/aromatic N) is 1. The van der Waals surface area contributed by atoms with Crippen LogP contribution in [0.15, 0.2) is 65.6 Å². The summed E-state index contributed by atoms with van der Waals surface area (Å²) in [5.74, 6) is -1.31. The zero-order chi connectivity index (χ0) is 20.1. The zero-order valence-corrected chi connectivity index (χ0v) is 15.3. The summed E-state index contributed by atoms with van der Waals surface area (Å²) in [6, 6.07) is 16.1. The largest absolute Gasteiger partial charge is 0.451 e. The highest BCUT2D eigenvalue weighted by Gasteiger charge is 2.14. The molecule has 1 heterocycles. The molecule has 3 aromatic rings. The number of carbonyl (C=O) groups excluding carboxylic acids is 2. The van der Waals surface area contributed by atoms with E-state index in [1.54, 1.807) is 0 Å². The first-order valence-electron chi connectivity index (χ1n) is 8.03. The lowest BCUT2D eigenvalue weighted by atomic mass is 10.1. The molecule has 0 aliphatic rings. The van der Waals surface area contributed by atoms with Gasteiger partial charge < -0.3 is 10.1 Å². The molecule has 0 fully saturated rings. The van der Waals surface area contributed by atoms with Gasteiger partial charge in [0.1, 0.15) is 5.69 Å². The summed E-state index contributed by atoms with van der Waals surface area (Å²) in [6.07, 6.45) is 0. The first-order valence-corrected chi connectivity index (χ1v) is 9.58. The zero-order valence-electron chi connectivity index (χ0n) is 14.5. The van der Waals surface area contributed by atoms with Crippen molar-refractivity contribution >= 4 is 27.6 Å². The van der Waals surface area contributed by atoms with Crippen LogP contribution in [0.3, 0.4) is 0 Å². The van der Waals surface area contributed by atoms with Gasteiger partial charge in [-0.15, -0.1) is 0 Å². The summed E-state index contributed by atoms with van der Waals surface area (Å²) < 4.78 is 27.3. The van der Waals surface area contributed by atoms with E-state index in [4.69, 9.17) is 9.88 Å². The second-order valence-corrected chi connectivity index (χ2v) is 7.29. The highest BCUT2D eigenvalue weighted by molar-refractivity contribution is 7.89. The number of H-pyrrole nitrogens is 1. The van der Waals surface area contributed by atoms with E-state index >= 15 is 0 Å². The number of anilines is 1. The number of aromatic amines is 1. The van der Waals surface area contributed by atoms with Crippen LogP contribution < -0.4 is 10.5 Å². The summed E-state index contributed by atoms with van der Waals surface area (Å²) in [6.45, 7) is -0.518. The number of esters is 1. The molecule has 10 heteroatoms. The number of hydrogen-bond donors (Lipinski definition) is 3. The van der Waals surface area contributed by atoms with Crippen molar-refractivity contribution in [3.05, 3.63) is 66.4 Å². The molecule has 0 radical (unpaired) electrons. The van der Waals surface area contributed by atoms with E-state index in [-0.39, 0.29) is 10.6 Å². The molecule has 144 valence electrons. The molecule has 0 saturated heterocycles. The second-order valence-electron chi connectivity index (χ2n) is 5.73. The number of nitrogens with two attached hydrogens (primary N) is 1. The Kier molecular flexibility index (Phi) is 5.52. The summed E-state index contributed by atoms with van der Waals surface area (Å²) in [5, 5.41) is 14.1. The van der Waals surface area contributed by atoms with Crippen molar-refractivity contribution in [1.82, 2.24) is 10.2 Å². The van der Waals surface area contributed by atoms with E-state index in [0.717, 1.165) is 5.56 Å². The molecule has 2 aromatic carbocycles. The topological polar surface area (TPSA) is 144 Å². The van der Waals surface area contributed by atoms with Crippen molar-refractivity contribution in [3.8, 4) is 11.3 Å². The van der Waals surface area contributed by atoms with Gasteiger partial charge >= 0.3 is 5.97 Å². The molecule has 0 aliphatic carbocycles. The minimum Gasteiger partial charge on any atom is -0.451 e. The van der Waals surface area contributed by atoms with Crippen LogP contribution in [0.25, 0.3) is 11.3 Å². The maximum absolute atomic E-state index is 12.0. The van der Waals surface area contributed by atoms with Gasteiger partial charge in [0.25, 0.3) is 5.91 Å². The van der Waals surface area contributed by atoms with Gasteiger partial charge in [0.2, 0.25) is 10.0 Å². The fourth-order valence-electron chi connectivity index (χ4n) is 2.32. The van der Waals surface area contributed by atoms with Crippen LogP contribution in [-0.2, 0) is 19.6 Å². The Hall–Kier alpha value is -3.50. The molecule has 0 spiro atoms. The number of hydrogen-bond acceptors (Lipinski definition) is 6. The summed E-state index contributed by atoms with van der Waals surface area (Å²) in [4.78, 5) is 23.9. The quantitative estimate of drug-likeness (QED) is 0.535. The maximum atomic E-state index is 12.0. The van der Waals surface area contributed by atoms with Crippen LogP contribution in [0.5, 0.6) is 0 Å². The van der Waals surface area contributed by atoms with Crippen LogP contribution in [0, 0.1) is 0 Å². The van der Waals surface area contributed by atoms with Crippen molar-refractivity contribution in [3.63, 3.8) is 0 Å². The maximum Gasteiger partial charge on any atom is 0.356 e. The monoisotopic (exact) mass is 400 g/mol. The number of nitrogens with one attached hydrogen (secondary N) is 2. The molecule has 28 heavy (non-hydrogen) atoms. The molecule has 9 nitrogen and oxygen atoms in total. The van der Waals surface area contributed by atoms with Crippen molar-refractivity contribution in [2.75, 3.05) is 11.9 Å². The molecule has 3 rings (SSSR count). The SMILES string of the molecule is NS(=O)(=O)c1ccc(NC(=O)COC(=O)c2cc(-c3ccccc3)n[nH]2)cc1. The van der Waals surface area contributed by atoms with Crippen LogP contribution in [0.1, 0.15) is 10.5 Å². The number of sulfonamides is 1. The molecule has 0 aliphatic heterocycles. The van der Waals surface area contributed by atoms with E-state index in [0.29, 0.717) is 11.4 Å². The fourth-order valence-corrected chi connectivity index (χ4v) is 2.83. The van der Waals surface area contributed by atoms with E-state index in [1.807, 2.05) is 30.3 Å². The van der Waals surface area contributed by atoms with Crippen molar-refractivity contribution in [2.45, 2.75) is 4.90 Å². The van der Waals surface area contributed by atoms with Crippen LogP contribution in [0.2, 0.25) is 0 Å². The molecule has 1 amide bonds. The lowest BCUT2D eigenvalue weighted by molar-refractivity contribution is -0.119. The number of carbonyl (C=O) groups is 2. The van der Waals surface area contributed by atoms with Gasteiger partial charge in [0.15, 0.2) is 6.61 Å². The first kappa shape index (κ1) is 19.3. The predicted molar refractivity (Wildman–Crippen MR) is 101 cm³/mol. The number of benzene rings is 2. The number of ether oxygens (including phenoxy) is 1. The van der Waals surface area contributed by atoms with Crippen LogP contribution in [0.4, 0.5) is 5.69 Å². The molecule has 0 bridgehead atoms. The summed E-state index contributed by atoms with van der Waals surface area (Å²) in [7, 11) is -3.81. The first-order chi connectivity index (χ1) is 13.3.